The van der Waals surface area contributed by atoms with Crippen LogP contribution in [0.25, 0.3) is 0 Å². The smallest absolute Gasteiger partial charge is 0.00183 e. The van der Waals surface area contributed by atoms with Crippen molar-refractivity contribution in [3.63, 3.8) is 0 Å². The van der Waals surface area contributed by atoms with Crippen LogP contribution >= 0.6 is 0 Å². The number of nitrogens with two attached hydrogens (primary N) is 2. The fraction of sp³-hybridized carbons (Fsp3) is 1.00. The molecule has 0 radical (unpaired) electrons. The van der Waals surface area contributed by atoms with Crippen LogP contribution in [0.2, 0.25) is 0 Å². The summed E-state index contributed by atoms with van der Waals surface area (Å²) in [5.74, 6) is 0. The number of nitrogens with zero attached hydrogens (tertiary/aromatic N) is 1. The molecule has 0 bridgehead atoms. The predicted molar refractivity (Wildman–Crippen MR) is 77.2 cm³/mol. The highest BCUT2D eigenvalue weighted by atomic mass is 15.1. The average molecular weight is 243 g/mol. The van der Waals surface area contributed by atoms with Crippen LogP contribution in [-0.4, -0.2) is 37.6 Å². The van der Waals surface area contributed by atoms with Crippen molar-refractivity contribution in [1.82, 2.24) is 4.90 Å². The molecule has 0 spiro atoms. The Hall–Kier alpha value is -0.120. The lowest BCUT2D eigenvalue weighted by atomic mass is 10.2. The standard InChI is InChI=1S/C14H33N3/c1-2-3-4-7-12-17(13-8-5-10-15)14-9-6-11-16/h2-16H2,1H3. The third-order valence-corrected chi connectivity index (χ3v) is 3.18. The molecule has 0 aromatic heterocycles. The predicted octanol–water partition coefficient (Wildman–Crippen LogP) is 2.35. The Bertz CT molecular complexity index is 129. The Morgan fingerprint density at radius 3 is 1.53 bits per heavy atom. The third kappa shape index (κ3) is 12.1. The van der Waals surface area contributed by atoms with Gasteiger partial charge in [-0.2, -0.15) is 0 Å². The Morgan fingerprint density at radius 1 is 0.647 bits per heavy atom. The van der Waals surface area contributed by atoms with Gasteiger partial charge < -0.3 is 16.4 Å². The van der Waals surface area contributed by atoms with Gasteiger partial charge in [-0.25, -0.2) is 0 Å². The second-order valence-electron chi connectivity index (χ2n) is 4.89. The normalized spacial score (nSPS) is 11.3. The van der Waals surface area contributed by atoms with Gasteiger partial charge >= 0.3 is 0 Å². The molecule has 0 aromatic rings. The monoisotopic (exact) mass is 243 g/mol. The SMILES string of the molecule is CCCCCCN(CCCCN)CCCCN. The van der Waals surface area contributed by atoms with E-state index in [0.29, 0.717) is 0 Å². The van der Waals surface area contributed by atoms with Crippen LogP contribution < -0.4 is 11.5 Å². The summed E-state index contributed by atoms with van der Waals surface area (Å²) in [6.07, 6.45) is 10.2. The highest BCUT2D eigenvalue weighted by molar-refractivity contribution is 4.59. The van der Waals surface area contributed by atoms with Gasteiger partial charge in [0.1, 0.15) is 0 Å². The quantitative estimate of drug-likeness (QED) is 0.488. The molecule has 17 heavy (non-hydrogen) atoms. The molecule has 0 saturated carbocycles. The van der Waals surface area contributed by atoms with Gasteiger partial charge in [0.25, 0.3) is 0 Å². The minimum absolute atomic E-state index is 0.826. The van der Waals surface area contributed by atoms with E-state index in [1.165, 1.54) is 58.2 Å². The van der Waals surface area contributed by atoms with Gasteiger partial charge in [0.15, 0.2) is 0 Å². The van der Waals surface area contributed by atoms with E-state index in [1.807, 2.05) is 0 Å². The van der Waals surface area contributed by atoms with E-state index in [4.69, 9.17) is 11.5 Å². The topological polar surface area (TPSA) is 55.3 Å². The molecular formula is C14H33N3. The molecule has 0 unspecified atom stereocenters. The van der Waals surface area contributed by atoms with Crippen LogP contribution in [0, 0.1) is 0 Å². The maximum Gasteiger partial charge on any atom is -0.00183 e. The Kier molecular flexibility index (Phi) is 13.8. The molecule has 0 aromatic carbocycles. The van der Waals surface area contributed by atoms with E-state index in [0.717, 1.165) is 25.9 Å². The number of unbranched alkanes of at least 4 members (excludes halogenated alkanes) is 5. The Labute approximate surface area is 108 Å². The Balaban J connectivity index is 3.60. The molecule has 0 fully saturated rings. The average Bonchev–Trinajstić information content (AvgIpc) is 2.34. The molecule has 4 N–H and O–H groups in total. The zero-order chi connectivity index (χ0) is 12.8. The van der Waals surface area contributed by atoms with Gasteiger partial charge in [-0.05, 0) is 64.8 Å². The molecule has 104 valence electrons. The zero-order valence-corrected chi connectivity index (χ0v) is 11.8. The van der Waals surface area contributed by atoms with Crippen molar-refractivity contribution in [3.05, 3.63) is 0 Å². The van der Waals surface area contributed by atoms with Crippen LogP contribution in [0.3, 0.4) is 0 Å². The van der Waals surface area contributed by atoms with Crippen molar-refractivity contribution >= 4 is 0 Å². The van der Waals surface area contributed by atoms with Crippen LogP contribution in [0.15, 0.2) is 0 Å². The molecular weight excluding hydrogens is 210 g/mol. The molecule has 3 nitrogen and oxygen atoms in total. The van der Waals surface area contributed by atoms with E-state index >= 15 is 0 Å². The first-order valence-electron chi connectivity index (χ1n) is 7.47. The summed E-state index contributed by atoms with van der Waals surface area (Å²) >= 11 is 0. The van der Waals surface area contributed by atoms with E-state index in [9.17, 15) is 0 Å². The Morgan fingerprint density at radius 2 is 1.12 bits per heavy atom. The van der Waals surface area contributed by atoms with E-state index < -0.39 is 0 Å². The largest absolute Gasteiger partial charge is 0.330 e. The molecule has 0 saturated heterocycles. The minimum atomic E-state index is 0.826. The molecule has 0 heterocycles. The van der Waals surface area contributed by atoms with E-state index in [-0.39, 0.29) is 0 Å². The fourth-order valence-electron chi connectivity index (χ4n) is 2.06. The van der Waals surface area contributed by atoms with Gasteiger partial charge in [-0.1, -0.05) is 26.2 Å². The maximum atomic E-state index is 5.54. The molecule has 0 atom stereocenters. The van der Waals surface area contributed by atoms with Crippen LogP contribution in [0.1, 0.15) is 58.3 Å². The lowest BCUT2D eigenvalue weighted by molar-refractivity contribution is 0.257. The first kappa shape index (κ1) is 16.9. The van der Waals surface area contributed by atoms with Crippen molar-refractivity contribution in [1.29, 1.82) is 0 Å². The lowest BCUT2D eigenvalue weighted by Gasteiger charge is -2.22. The highest BCUT2D eigenvalue weighted by Crippen LogP contribution is 2.04. The van der Waals surface area contributed by atoms with Gasteiger partial charge in [0.2, 0.25) is 0 Å². The van der Waals surface area contributed by atoms with Gasteiger partial charge in [0.05, 0.1) is 0 Å². The highest BCUT2D eigenvalue weighted by Gasteiger charge is 2.03. The summed E-state index contributed by atoms with van der Waals surface area (Å²) in [6.45, 7) is 7.61. The van der Waals surface area contributed by atoms with Crippen LogP contribution in [-0.2, 0) is 0 Å². The minimum Gasteiger partial charge on any atom is -0.330 e. The van der Waals surface area contributed by atoms with E-state index in [1.54, 1.807) is 0 Å². The summed E-state index contributed by atoms with van der Waals surface area (Å²) in [5, 5.41) is 0. The van der Waals surface area contributed by atoms with Gasteiger partial charge in [-0.3, -0.25) is 0 Å². The number of hydrogen-bond donors (Lipinski definition) is 2. The second-order valence-corrected chi connectivity index (χ2v) is 4.89. The van der Waals surface area contributed by atoms with Crippen molar-refractivity contribution in [2.24, 2.45) is 11.5 Å². The molecule has 0 rings (SSSR count). The summed E-state index contributed by atoms with van der Waals surface area (Å²) in [5.41, 5.74) is 11.1. The van der Waals surface area contributed by atoms with E-state index in [2.05, 4.69) is 11.8 Å². The first-order valence-corrected chi connectivity index (χ1v) is 7.47. The van der Waals surface area contributed by atoms with Crippen molar-refractivity contribution in [2.75, 3.05) is 32.7 Å². The molecule has 0 aliphatic heterocycles. The number of rotatable bonds is 13. The molecule has 0 aliphatic rings. The third-order valence-electron chi connectivity index (χ3n) is 3.18. The summed E-state index contributed by atoms with van der Waals surface area (Å²) < 4.78 is 0. The van der Waals surface area contributed by atoms with Gasteiger partial charge in [0, 0.05) is 0 Å². The summed E-state index contributed by atoms with van der Waals surface area (Å²) in [4.78, 5) is 2.60. The van der Waals surface area contributed by atoms with Crippen molar-refractivity contribution in [2.45, 2.75) is 58.3 Å². The summed E-state index contributed by atoms with van der Waals surface area (Å²) in [7, 11) is 0. The molecule has 0 aliphatic carbocycles. The fourth-order valence-corrected chi connectivity index (χ4v) is 2.06. The first-order chi connectivity index (χ1) is 8.35. The summed E-state index contributed by atoms with van der Waals surface area (Å²) in [6, 6.07) is 0. The second kappa shape index (κ2) is 13.9. The van der Waals surface area contributed by atoms with Crippen molar-refractivity contribution in [3.8, 4) is 0 Å². The molecule has 3 heteroatoms. The van der Waals surface area contributed by atoms with Crippen molar-refractivity contribution < 1.29 is 0 Å². The maximum absolute atomic E-state index is 5.54. The number of hydrogen-bond acceptors (Lipinski definition) is 3. The van der Waals surface area contributed by atoms with Gasteiger partial charge in [-0.15, -0.1) is 0 Å². The molecule has 0 amide bonds. The van der Waals surface area contributed by atoms with Crippen LogP contribution in [0.5, 0.6) is 0 Å². The van der Waals surface area contributed by atoms with Crippen LogP contribution in [0.4, 0.5) is 0 Å². The lowest BCUT2D eigenvalue weighted by Crippen LogP contribution is -2.28. The zero-order valence-electron chi connectivity index (χ0n) is 11.8.